The normalized spacial score (nSPS) is 10.7. The highest BCUT2D eigenvalue weighted by molar-refractivity contribution is 5.88. The molecule has 0 aliphatic carbocycles. The number of aromatic nitrogens is 1. The summed E-state index contributed by atoms with van der Waals surface area (Å²) in [4.78, 5) is 17.7. The highest BCUT2D eigenvalue weighted by atomic mass is 16.1. The van der Waals surface area contributed by atoms with Crippen molar-refractivity contribution in [3.63, 3.8) is 0 Å². The number of carbonyl (C=O) groups is 1. The fourth-order valence-corrected chi connectivity index (χ4v) is 3.05. The minimum absolute atomic E-state index is 0.0510. The van der Waals surface area contributed by atoms with E-state index in [-0.39, 0.29) is 5.91 Å². The SMILES string of the molecule is CC(=O)Nc1ccc(CN(CCc2ccccc2)Cc2ccncc2)cc1. The number of hydrogen-bond acceptors (Lipinski definition) is 3. The largest absolute Gasteiger partial charge is 0.326 e. The molecule has 0 aliphatic heterocycles. The van der Waals surface area contributed by atoms with Crippen LogP contribution in [0.25, 0.3) is 0 Å². The number of pyridine rings is 1. The molecule has 0 fully saturated rings. The number of hydrogen-bond donors (Lipinski definition) is 1. The summed E-state index contributed by atoms with van der Waals surface area (Å²) in [5, 5.41) is 2.81. The van der Waals surface area contributed by atoms with E-state index in [9.17, 15) is 4.79 Å². The topological polar surface area (TPSA) is 45.2 Å². The van der Waals surface area contributed by atoms with Crippen LogP contribution in [0, 0.1) is 0 Å². The molecule has 0 bridgehead atoms. The molecule has 4 heteroatoms. The molecule has 0 aliphatic rings. The van der Waals surface area contributed by atoms with Gasteiger partial charge in [-0.2, -0.15) is 0 Å². The summed E-state index contributed by atoms with van der Waals surface area (Å²) in [6.45, 7) is 4.23. The quantitative estimate of drug-likeness (QED) is 0.653. The van der Waals surface area contributed by atoms with Gasteiger partial charge in [0.1, 0.15) is 0 Å². The predicted molar refractivity (Wildman–Crippen MR) is 109 cm³/mol. The molecular formula is C23H25N3O. The highest BCUT2D eigenvalue weighted by Crippen LogP contribution is 2.14. The molecule has 0 saturated carbocycles. The molecule has 138 valence electrons. The fourth-order valence-electron chi connectivity index (χ4n) is 3.05. The van der Waals surface area contributed by atoms with E-state index < -0.39 is 0 Å². The fraction of sp³-hybridized carbons (Fsp3) is 0.217. The lowest BCUT2D eigenvalue weighted by Crippen LogP contribution is -2.25. The molecule has 4 nitrogen and oxygen atoms in total. The van der Waals surface area contributed by atoms with Gasteiger partial charge in [-0.25, -0.2) is 0 Å². The molecule has 27 heavy (non-hydrogen) atoms. The van der Waals surface area contributed by atoms with Crippen LogP contribution in [0.1, 0.15) is 23.6 Å². The molecule has 0 atom stereocenters. The lowest BCUT2D eigenvalue weighted by molar-refractivity contribution is -0.114. The Bertz CT molecular complexity index is 833. The first kappa shape index (κ1) is 18.8. The van der Waals surface area contributed by atoms with Crippen molar-refractivity contribution in [3.8, 4) is 0 Å². The maximum absolute atomic E-state index is 11.2. The van der Waals surface area contributed by atoms with Gasteiger partial charge in [-0.1, -0.05) is 42.5 Å². The van der Waals surface area contributed by atoms with E-state index >= 15 is 0 Å². The van der Waals surface area contributed by atoms with Gasteiger partial charge in [0.05, 0.1) is 0 Å². The smallest absolute Gasteiger partial charge is 0.221 e. The summed E-state index contributed by atoms with van der Waals surface area (Å²) in [6.07, 6.45) is 4.69. The second-order valence-electron chi connectivity index (χ2n) is 6.68. The summed E-state index contributed by atoms with van der Waals surface area (Å²) < 4.78 is 0. The van der Waals surface area contributed by atoms with E-state index in [1.807, 2.05) is 24.5 Å². The number of rotatable bonds is 8. The lowest BCUT2D eigenvalue weighted by Gasteiger charge is -2.23. The van der Waals surface area contributed by atoms with Crippen LogP contribution in [-0.2, 0) is 24.3 Å². The van der Waals surface area contributed by atoms with E-state index in [0.717, 1.165) is 31.7 Å². The van der Waals surface area contributed by atoms with Gasteiger partial charge in [-0.15, -0.1) is 0 Å². The zero-order chi connectivity index (χ0) is 18.9. The Morgan fingerprint density at radius 3 is 2.11 bits per heavy atom. The zero-order valence-corrected chi connectivity index (χ0v) is 15.6. The Labute approximate surface area is 160 Å². The Morgan fingerprint density at radius 1 is 0.852 bits per heavy atom. The number of anilines is 1. The summed E-state index contributed by atoms with van der Waals surface area (Å²) in [7, 11) is 0. The van der Waals surface area contributed by atoms with Gasteiger partial charge in [0, 0.05) is 44.6 Å². The van der Waals surface area contributed by atoms with Crippen LogP contribution in [0.5, 0.6) is 0 Å². The van der Waals surface area contributed by atoms with Crippen molar-refractivity contribution in [2.24, 2.45) is 0 Å². The van der Waals surface area contributed by atoms with Crippen LogP contribution >= 0.6 is 0 Å². The molecule has 1 N–H and O–H groups in total. The van der Waals surface area contributed by atoms with Crippen LogP contribution in [0.2, 0.25) is 0 Å². The maximum atomic E-state index is 11.2. The number of nitrogens with zero attached hydrogens (tertiary/aromatic N) is 2. The third-order valence-electron chi connectivity index (χ3n) is 4.40. The van der Waals surface area contributed by atoms with Gasteiger partial charge in [0.15, 0.2) is 0 Å². The minimum atomic E-state index is -0.0510. The van der Waals surface area contributed by atoms with Crippen molar-refractivity contribution in [2.45, 2.75) is 26.4 Å². The van der Waals surface area contributed by atoms with Gasteiger partial charge in [0.25, 0.3) is 0 Å². The summed E-state index contributed by atoms with van der Waals surface area (Å²) in [5.41, 5.74) is 4.66. The van der Waals surface area contributed by atoms with Gasteiger partial charge >= 0.3 is 0 Å². The molecule has 0 spiro atoms. The Kier molecular flexibility index (Phi) is 6.72. The van der Waals surface area contributed by atoms with E-state index in [0.29, 0.717) is 0 Å². The average Bonchev–Trinajstić information content (AvgIpc) is 2.69. The minimum Gasteiger partial charge on any atom is -0.326 e. The maximum Gasteiger partial charge on any atom is 0.221 e. The van der Waals surface area contributed by atoms with E-state index in [1.165, 1.54) is 23.6 Å². The van der Waals surface area contributed by atoms with Crippen molar-refractivity contribution >= 4 is 11.6 Å². The average molecular weight is 359 g/mol. The van der Waals surface area contributed by atoms with Gasteiger partial charge in [0.2, 0.25) is 5.91 Å². The van der Waals surface area contributed by atoms with Gasteiger partial charge in [-0.05, 0) is 47.4 Å². The molecule has 3 rings (SSSR count). The van der Waals surface area contributed by atoms with Crippen molar-refractivity contribution in [1.29, 1.82) is 0 Å². The molecule has 0 saturated heterocycles. The first-order valence-electron chi connectivity index (χ1n) is 9.21. The van der Waals surface area contributed by atoms with Crippen molar-refractivity contribution in [3.05, 3.63) is 95.8 Å². The second-order valence-corrected chi connectivity index (χ2v) is 6.68. The molecule has 1 aromatic heterocycles. The van der Waals surface area contributed by atoms with Crippen molar-refractivity contribution in [1.82, 2.24) is 9.88 Å². The zero-order valence-electron chi connectivity index (χ0n) is 15.6. The van der Waals surface area contributed by atoms with Crippen LogP contribution in [-0.4, -0.2) is 22.3 Å². The molecule has 1 amide bonds. The first-order valence-corrected chi connectivity index (χ1v) is 9.21. The Morgan fingerprint density at radius 2 is 1.48 bits per heavy atom. The molecule has 1 heterocycles. The van der Waals surface area contributed by atoms with Crippen LogP contribution < -0.4 is 5.32 Å². The second kappa shape index (κ2) is 9.64. The standard InChI is InChI=1S/C23H25N3O/c1-19(27)25-23-9-7-21(8-10-23)17-26(18-22-11-14-24-15-12-22)16-13-20-5-3-2-4-6-20/h2-12,14-15H,13,16-18H2,1H3,(H,25,27). The summed E-state index contributed by atoms with van der Waals surface area (Å²) >= 11 is 0. The van der Waals surface area contributed by atoms with Crippen LogP contribution in [0.3, 0.4) is 0 Å². The van der Waals surface area contributed by atoms with E-state index in [4.69, 9.17) is 0 Å². The van der Waals surface area contributed by atoms with Crippen molar-refractivity contribution < 1.29 is 4.79 Å². The van der Waals surface area contributed by atoms with Gasteiger partial charge < -0.3 is 5.32 Å². The molecule has 0 radical (unpaired) electrons. The molecule has 0 unspecified atom stereocenters. The van der Waals surface area contributed by atoms with Crippen molar-refractivity contribution in [2.75, 3.05) is 11.9 Å². The number of nitrogens with one attached hydrogen (secondary N) is 1. The van der Waals surface area contributed by atoms with E-state index in [2.05, 4.69) is 69.8 Å². The molecule has 2 aromatic carbocycles. The first-order chi connectivity index (χ1) is 13.2. The highest BCUT2D eigenvalue weighted by Gasteiger charge is 2.08. The monoisotopic (exact) mass is 359 g/mol. The number of amides is 1. The lowest BCUT2D eigenvalue weighted by atomic mass is 10.1. The number of benzene rings is 2. The third kappa shape index (κ3) is 6.35. The van der Waals surface area contributed by atoms with Crippen LogP contribution in [0.15, 0.2) is 79.1 Å². The Balaban J connectivity index is 1.67. The molecule has 3 aromatic rings. The number of carbonyl (C=O) groups excluding carboxylic acids is 1. The van der Waals surface area contributed by atoms with Crippen LogP contribution in [0.4, 0.5) is 5.69 Å². The summed E-state index contributed by atoms with van der Waals surface area (Å²) in [6, 6.07) is 22.8. The Hall–Kier alpha value is -2.98. The van der Waals surface area contributed by atoms with Gasteiger partial charge in [-0.3, -0.25) is 14.7 Å². The summed E-state index contributed by atoms with van der Waals surface area (Å²) in [5.74, 6) is -0.0510. The third-order valence-corrected chi connectivity index (χ3v) is 4.40. The van der Waals surface area contributed by atoms with E-state index in [1.54, 1.807) is 0 Å². The predicted octanol–water partition coefficient (Wildman–Crippen LogP) is 4.28. The molecular weight excluding hydrogens is 334 g/mol.